The van der Waals surface area contributed by atoms with E-state index in [2.05, 4.69) is 11.6 Å². The van der Waals surface area contributed by atoms with Gasteiger partial charge in [-0.25, -0.2) is 4.79 Å². The van der Waals surface area contributed by atoms with Crippen LogP contribution in [0.3, 0.4) is 0 Å². The van der Waals surface area contributed by atoms with Crippen LogP contribution in [0.1, 0.15) is 39.0 Å². The van der Waals surface area contributed by atoms with E-state index in [4.69, 9.17) is 4.74 Å². The lowest BCUT2D eigenvalue weighted by Crippen LogP contribution is -2.63. The van der Waals surface area contributed by atoms with Crippen molar-refractivity contribution in [2.24, 2.45) is 5.41 Å². The summed E-state index contributed by atoms with van der Waals surface area (Å²) in [5, 5.41) is 13.3. The van der Waals surface area contributed by atoms with Gasteiger partial charge in [0.1, 0.15) is 0 Å². The number of nitrogens with zero attached hydrogens (tertiary/aromatic N) is 1. The number of likely N-dealkylation sites (tertiary alicyclic amines) is 1. The third kappa shape index (κ3) is 2.85. The van der Waals surface area contributed by atoms with Crippen molar-refractivity contribution in [3.63, 3.8) is 0 Å². The van der Waals surface area contributed by atoms with E-state index < -0.39 is 0 Å². The van der Waals surface area contributed by atoms with Gasteiger partial charge in [0, 0.05) is 42.8 Å². The Morgan fingerprint density at radius 1 is 1.36 bits per heavy atom. The Hall–Kier alpha value is -0.460. The Balaban J connectivity index is 1.48. The molecule has 22 heavy (non-hydrogen) atoms. The fourth-order valence-electron chi connectivity index (χ4n) is 3.88. The van der Waals surface area contributed by atoms with Crippen molar-refractivity contribution in [1.29, 1.82) is 0 Å². The summed E-state index contributed by atoms with van der Waals surface area (Å²) in [5.74, 6) is 0. The molecule has 3 fully saturated rings. The molecule has 2 amide bonds. The molecule has 5 nitrogen and oxygen atoms in total. The van der Waals surface area contributed by atoms with E-state index in [-0.39, 0.29) is 23.7 Å². The van der Waals surface area contributed by atoms with Crippen LogP contribution < -0.4 is 5.32 Å². The van der Waals surface area contributed by atoms with Gasteiger partial charge in [0.25, 0.3) is 0 Å². The maximum Gasteiger partial charge on any atom is 0.317 e. The normalized spacial score (nSPS) is 31.7. The molecule has 3 aliphatic rings. The number of hydrogen-bond donors (Lipinski definition) is 2. The molecule has 1 heterocycles. The Morgan fingerprint density at radius 3 is 2.55 bits per heavy atom. The van der Waals surface area contributed by atoms with Crippen LogP contribution in [0.15, 0.2) is 0 Å². The Labute approximate surface area is 137 Å². The molecule has 2 aliphatic carbocycles. The SMILES string of the molecule is CCO[C@H]1C[C@H](O)C12CCN(C(=O)NCC1(SC)CC1)CC2. The molecule has 3 rings (SSSR count). The molecule has 0 aromatic rings. The van der Waals surface area contributed by atoms with Gasteiger partial charge in [-0.3, -0.25) is 0 Å². The first kappa shape index (κ1) is 16.4. The molecule has 2 atom stereocenters. The first-order chi connectivity index (χ1) is 10.6. The van der Waals surface area contributed by atoms with Gasteiger partial charge in [-0.05, 0) is 38.9 Å². The summed E-state index contributed by atoms with van der Waals surface area (Å²) in [6.07, 6.45) is 6.88. The average molecular weight is 328 g/mol. The third-order valence-corrected chi connectivity index (χ3v) is 7.31. The maximum atomic E-state index is 12.3. The number of amides is 2. The zero-order valence-corrected chi connectivity index (χ0v) is 14.5. The van der Waals surface area contributed by atoms with Gasteiger partial charge in [0.05, 0.1) is 12.2 Å². The number of urea groups is 1. The molecule has 126 valence electrons. The number of carbonyl (C=O) groups excluding carboxylic acids is 1. The van der Waals surface area contributed by atoms with Gasteiger partial charge in [-0.2, -0.15) is 11.8 Å². The second-order valence-electron chi connectivity index (χ2n) is 6.96. The van der Waals surface area contributed by atoms with Gasteiger partial charge in [0.15, 0.2) is 0 Å². The first-order valence-electron chi connectivity index (χ1n) is 8.43. The molecule has 1 spiro atoms. The largest absolute Gasteiger partial charge is 0.392 e. The van der Waals surface area contributed by atoms with E-state index in [1.54, 1.807) is 0 Å². The molecule has 1 aliphatic heterocycles. The first-order valence-corrected chi connectivity index (χ1v) is 9.65. The second-order valence-corrected chi connectivity index (χ2v) is 8.24. The van der Waals surface area contributed by atoms with E-state index >= 15 is 0 Å². The summed E-state index contributed by atoms with van der Waals surface area (Å²) in [5.41, 5.74) is -0.107. The summed E-state index contributed by atoms with van der Waals surface area (Å²) >= 11 is 1.86. The fraction of sp³-hybridized carbons (Fsp3) is 0.938. The van der Waals surface area contributed by atoms with Crippen LogP contribution in [0.25, 0.3) is 0 Å². The fourth-order valence-corrected chi connectivity index (χ4v) is 4.61. The zero-order valence-electron chi connectivity index (χ0n) is 13.6. The molecule has 0 bridgehead atoms. The van der Waals surface area contributed by atoms with Crippen LogP contribution >= 0.6 is 11.8 Å². The van der Waals surface area contributed by atoms with Crippen LogP contribution in [-0.2, 0) is 4.74 Å². The minimum atomic E-state index is -0.263. The highest BCUT2D eigenvalue weighted by atomic mass is 32.2. The molecular formula is C16H28N2O3S. The maximum absolute atomic E-state index is 12.3. The standard InChI is InChI=1S/C16H28N2O3S/c1-3-21-13-10-12(19)16(13)6-8-18(9-7-16)14(20)17-11-15(22-2)4-5-15/h12-13,19H,3-11H2,1-2H3,(H,17,20)/t12-,13-/m0/s1. The van der Waals surface area contributed by atoms with Crippen molar-refractivity contribution in [2.75, 3.05) is 32.5 Å². The van der Waals surface area contributed by atoms with Crippen LogP contribution in [0, 0.1) is 5.41 Å². The van der Waals surface area contributed by atoms with Crippen molar-refractivity contribution in [3.05, 3.63) is 0 Å². The minimum Gasteiger partial charge on any atom is -0.392 e. The number of piperidine rings is 1. The van der Waals surface area contributed by atoms with Crippen LogP contribution in [0.4, 0.5) is 4.79 Å². The quantitative estimate of drug-likeness (QED) is 0.808. The monoisotopic (exact) mass is 328 g/mol. The minimum absolute atomic E-state index is 0.0527. The smallest absolute Gasteiger partial charge is 0.317 e. The lowest BCUT2D eigenvalue weighted by molar-refractivity contribution is -0.207. The van der Waals surface area contributed by atoms with Gasteiger partial charge in [-0.15, -0.1) is 0 Å². The average Bonchev–Trinajstić information content (AvgIpc) is 3.33. The molecule has 2 saturated carbocycles. The highest BCUT2D eigenvalue weighted by Crippen LogP contribution is 2.51. The second kappa shape index (κ2) is 6.21. The topological polar surface area (TPSA) is 61.8 Å². The number of rotatable bonds is 5. The summed E-state index contributed by atoms with van der Waals surface area (Å²) in [6.45, 7) is 4.91. The molecular weight excluding hydrogens is 300 g/mol. The summed E-state index contributed by atoms with van der Waals surface area (Å²) in [7, 11) is 0. The molecule has 6 heteroatoms. The van der Waals surface area contributed by atoms with E-state index in [0.29, 0.717) is 11.4 Å². The number of aliphatic hydroxyl groups excluding tert-OH is 1. The van der Waals surface area contributed by atoms with E-state index in [9.17, 15) is 9.90 Å². The van der Waals surface area contributed by atoms with Crippen molar-refractivity contribution in [1.82, 2.24) is 10.2 Å². The highest BCUT2D eigenvalue weighted by Gasteiger charge is 2.56. The number of carbonyl (C=O) groups is 1. The summed E-state index contributed by atoms with van der Waals surface area (Å²) < 4.78 is 6.07. The zero-order chi connectivity index (χ0) is 15.8. The predicted octanol–water partition coefficient (Wildman–Crippen LogP) is 1.84. The lowest BCUT2D eigenvalue weighted by Gasteiger charge is -2.56. The number of thioether (sulfide) groups is 1. The Bertz CT molecular complexity index is 418. The van der Waals surface area contributed by atoms with Crippen molar-refractivity contribution in [3.8, 4) is 0 Å². The number of aliphatic hydroxyl groups is 1. The highest BCUT2D eigenvalue weighted by molar-refractivity contribution is 8.00. The number of hydrogen-bond acceptors (Lipinski definition) is 4. The Kier molecular flexibility index (Phi) is 4.63. The van der Waals surface area contributed by atoms with Crippen molar-refractivity contribution < 1.29 is 14.6 Å². The molecule has 0 unspecified atom stereocenters. The number of ether oxygens (including phenoxy) is 1. The van der Waals surface area contributed by atoms with E-state index in [0.717, 1.165) is 38.9 Å². The van der Waals surface area contributed by atoms with Crippen LogP contribution in [-0.4, -0.2) is 65.5 Å². The molecule has 0 radical (unpaired) electrons. The summed E-state index contributed by atoms with van der Waals surface area (Å²) in [6, 6.07) is 0.0527. The number of nitrogens with one attached hydrogen (secondary N) is 1. The van der Waals surface area contributed by atoms with Gasteiger partial charge < -0.3 is 20.1 Å². The lowest BCUT2D eigenvalue weighted by atomic mass is 9.58. The third-order valence-electron chi connectivity index (χ3n) is 5.89. The Morgan fingerprint density at radius 2 is 2.05 bits per heavy atom. The molecule has 0 aromatic heterocycles. The summed E-state index contributed by atoms with van der Waals surface area (Å²) in [4.78, 5) is 14.2. The van der Waals surface area contributed by atoms with E-state index in [1.165, 1.54) is 12.8 Å². The van der Waals surface area contributed by atoms with Crippen molar-refractivity contribution >= 4 is 17.8 Å². The van der Waals surface area contributed by atoms with Gasteiger partial charge >= 0.3 is 6.03 Å². The van der Waals surface area contributed by atoms with Crippen LogP contribution in [0.2, 0.25) is 0 Å². The van der Waals surface area contributed by atoms with Crippen LogP contribution in [0.5, 0.6) is 0 Å². The molecule has 0 aromatic carbocycles. The van der Waals surface area contributed by atoms with Gasteiger partial charge in [-0.1, -0.05) is 0 Å². The molecule has 2 N–H and O–H groups in total. The van der Waals surface area contributed by atoms with E-state index in [1.807, 2.05) is 23.6 Å². The molecule has 1 saturated heterocycles. The van der Waals surface area contributed by atoms with Crippen molar-refractivity contribution in [2.45, 2.75) is 56.0 Å². The van der Waals surface area contributed by atoms with Gasteiger partial charge in [0.2, 0.25) is 0 Å². The predicted molar refractivity (Wildman–Crippen MR) is 88.2 cm³/mol.